The largest absolute Gasteiger partial charge is 0.344 e. The third kappa shape index (κ3) is 7.10. The van der Waals surface area contributed by atoms with Gasteiger partial charge in [-0.15, -0.1) is 0 Å². The van der Waals surface area contributed by atoms with Crippen molar-refractivity contribution in [2.24, 2.45) is 9.17 Å². The average Bonchev–Trinajstić information content (AvgIpc) is 3.34. The molecule has 11 heteroatoms. The van der Waals surface area contributed by atoms with E-state index >= 15 is 0 Å². The molecule has 0 amide bonds. The molecule has 0 bridgehead atoms. The fourth-order valence-corrected chi connectivity index (χ4v) is 13.0. The van der Waals surface area contributed by atoms with Crippen LogP contribution in [0.25, 0.3) is 0 Å². The molecule has 0 aromatic heterocycles. The van der Waals surface area contributed by atoms with Gasteiger partial charge in [-0.2, -0.15) is 0 Å². The van der Waals surface area contributed by atoms with Crippen LogP contribution >= 0.6 is 0 Å². The van der Waals surface area contributed by atoms with E-state index in [1.54, 1.807) is 0 Å². The van der Waals surface area contributed by atoms with Gasteiger partial charge in [0.2, 0.25) is 10.0 Å². The summed E-state index contributed by atoms with van der Waals surface area (Å²) in [4.78, 5) is 0. The first-order valence-electron chi connectivity index (χ1n) is 10.9. The van der Waals surface area contributed by atoms with Gasteiger partial charge in [0, 0.05) is 0 Å². The average molecular weight is 515 g/mol. The van der Waals surface area contributed by atoms with Crippen molar-refractivity contribution in [3.05, 3.63) is 0 Å². The summed E-state index contributed by atoms with van der Waals surface area (Å²) >= 11 is 0. The fourth-order valence-electron chi connectivity index (χ4n) is 2.11. The highest BCUT2D eigenvalue weighted by atomic mass is 32.2. The first-order valence-corrected chi connectivity index (χ1v) is 19.9. The molecular weight excluding hydrogens is 465 g/mol. The first-order chi connectivity index (χ1) is 12.8. The Bertz CT molecular complexity index is 871. The normalized spacial score (nSPS) is 22.2. The molecule has 2 saturated carbocycles. The lowest BCUT2D eigenvalue weighted by atomic mass is 10.2. The predicted molar refractivity (Wildman–Crippen MR) is 142 cm³/mol. The highest BCUT2D eigenvalue weighted by Gasteiger charge is 2.53. The van der Waals surface area contributed by atoms with E-state index in [0.717, 1.165) is 25.7 Å². The number of nitrogens with one attached hydrogen (secondary N) is 1. The van der Waals surface area contributed by atoms with E-state index in [1.165, 1.54) is 0 Å². The summed E-state index contributed by atoms with van der Waals surface area (Å²) in [5.41, 5.74) is 0. The van der Waals surface area contributed by atoms with E-state index in [-0.39, 0.29) is 21.0 Å². The van der Waals surface area contributed by atoms with Gasteiger partial charge in [-0.1, -0.05) is 54.6 Å². The fraction of sp³-hybridized carbons (Fsp3) is 1.00. The molecule has 188 valence electrons. The van der Waals surface area contributed by atoms with E-state index in [4.69, 9.17) is 5.14 Å². The molecule has 2 fully saturated rings. The molecule has 0 heterocycles. The summed E-state index contributed by atoms with van der Waals surface area (Å²) in [5.74, 6) is 0. The molecule has 2 aliphatic carbocycles. The van der Waals surface area contributed by atoms with E-state index < -0.39 is 41.2 Å². The Labute approximate surface area is 195 Å². The highest BCUT2D eigenvalue weighted by molar-refractivity contribution is 7.93. The van der Waals surface area contributed by atoms with Gasteiger partial charge in [-0.3, -0.25) is 4.03 Å². The molecule has 2 rings (SSSR count). The third-order valence-electron chi connectivity index (χ3n) is 7.73. The van der Waals surface area contributed by atoms with Crippen LogP contribution in [-0.4, -0.2) is 38.6 Å². The molecule has 0 spiro atoms. The van der Waals surface area contributed by atoms with Crippen molar-refractivity contribution in [2.45, 2.75) is 127 Å². The molecule has 2 aliphatic rings. The summed E-state index contributed by atoms with van der Waals surface area (Å²) < 4.78 is 43.5. The second-order valence-corrected chi connectivity index (χ2v) is 27.9. The van der Waals surface area contributed by atoms with Crippen molar-refractivity contribution >= 4 is 36.4 Å². The monoisotopic (exact) mass is 514 g/mol. The molecule has 31 heavy (non-hydrogen) atoms. The Kier molecular flexibility index (Phi) is 8.83. The summed E-state index contributed by atoms with van der Waals surface area (Å²) in [6.45, 7) is 25.1. The van der Waals surface area contributed by atoms with Crippen LogP contribution in [0.1, 0.15) is 81.1 Å². The SMILES string of the molecule is CC(C)(C)[Si](C)(C)N=S(N)(=O)C1(C)CC1.CC(C)(C)[Si](C)(C)NS(=O)(=O)C1(C)CC1.N. The van der Waals surface area contributed by atoms with Crippen molar-refractivity contribution in [1.29, 1.82) is 0 Å². The zero-order valence-electron chi connectivity index (χ0n) is 22.1. The van der Waals surface area contributed by atoms with Crippen LogP contribution in [0.2, 0.25) is 36.3 Å². The second kappa shape index (κ2) is 8.77. The summed E-state index contributed by atoms with van der Waals surface area (Å²) in [5, 5.41) is 6.09. The van der Waals surface area contributed by atoms with E-state index in [1.807, 2.05) is 13.8 Å². The van der Waals surface area contributed by atoms with Gasteiger partial charge in [0.15, 0.2) is 8.24 Å². The molecule has 0 saturated heterocycles. The van der Waals surface area contributed by atoms with Gasteiger partial charge < -0.3 is 6.15 Å². The molecule has 0 aliphatic heterocycles. The molecule has 0 aromatic rings. The lowest BCUT2D eigenvalue weighted by molar-refractivity contribution is 0.575. The minimum Gasteiger partial charge on any atom is -0.344 e. The number of nitrogens with two attached hydrogens (primary N) is 1. The highest BCUT2D eigenvalue weighted by Crippen LogP contribution is 2.46. The Morgan fingerprint density at radius 2 is 1.16 bits per heavy atom. The standard InChI is InChI=1S/C10H24N2OSSi.C10H23NO2SSi.H3N/c1-9(2,3)15(5,6)12-14(11,13)10(4)7-8-10;1-9(2,3)15(5,6)11-14(12,13)10(4)7-8-10;/h7-8H2,1-6H3,(H2,11,12,13);11H,7-8H2,1-6H3;1H3. The van der Waals surface area contributed by atoms with Crippen LogP contribution in [0, 0.1) is 0 Å². The van der Waals surface area contributed by atoms with Crippen LogP contribution in [0.3, 0.4) is 0 Å². The van der Waals surface area contributed by atoms with E-state index in [9.17, 15) is 12.6 Å². The minimum atomic E-state index is -3.12. The van der Waals surface area contributed by atoms with Crippen LogP contribution in [0.15, 0.2) is 4.03 Å². The Hall–Kier alpha value is 0.214. The zero-order valence-corrected chi connectivity index (χ0v) is 25.7. The molecule has 1 atom stereocenters. The number of rotatable bonds is 5. The number of hydrogen-bond donors (Lipinski definition) is 3. The molecule has 0 aromatic carbocycles. The van der Waals surface area contributed by atoms with E-state index in [0.29, 0.717) is 0 Å². The molecule has 1 unspecified atom stereocenters. The van der Waals surface area contributed by atoms with Gasteiger partial charge in [0.25, 0.3) is 0 Å². The van der Waals surface area contributed by atoms with Crippen LogP contribution in [0.5, 0.6) is 0 Å². The number of sulfonamides is 1. The molecule has 7 nitrogen and oxygen atoms in total. The van der Waals surface area contributed by atoms with Crippen LogP contribution in [0.4, 0.5) is 0 Å². The van der Waals surface area contributed by atoms with Gasteiger partial charge in [-0.05, 0) is 62.7 Å². The molecule has 0 radical (unpaired) electrons. The van der Waals surface area contributed by atoms with Gasteiger partial charge in [0.1, 0.15) is 18.2 Å². The van der Waals surface area contributed by atoms with Gasteiger partial charge in [0.05, 0.1) is 9.49 Å². The predicted octanol–water partition coefficient (Wildman–Crippen LogP) is 5.51. The number of hydrogen-bond acceptors (Lipinski definition) is 5. The maximum Gasteiger partial charge on any atom is 0.211 e. The van der Waals surface area contributed by atoms with Crippen molar-refractivity contribution in [1.82, 2.24) is 10.5 Å². The Morgan fingerprint density at radius 3 is 1.42 bits per heavy atom. The lowest BCUT2D eigenvalue weighted by Crippen LogP contribution is -2.56. The van der Waals surface area contributed by atoms with Crippen molar-refractivity contribution in [3.63, 3.8) is 0 Å². The second-order valence-electron chi connectivity index (χ2n) is 12.8. The lowest BCUT2D eigenvalue weighted by Gasteiger charge is -2.37. The van der Waals surface area contributed by atoms with Crippen molar-refractivity contribution in [3.8, 4) is 0 Å². The summed E-state index contributed by atoms with van der Waals surface area (Å²) in [6, 6.07) is 0. The maximum atomic E-state index is 12.4. The quantitative estimate of drug-likeness (QED) is 0.416. The van der Waals surface area contributed by atoms with E-state index in [2.05, 4.69) is 76.1 Å². The van der Waals surface area contributed by atoms with Gasteiger partial charge in [-0.25, -0.2) is 22.2 Å². The molecule has 6 N–H and O–H groups in total. The molecular formula is C20H50N4O3S2Si2. The van der Waals surface area contributed by atoms with Crippen molar-refractivity contribution in [2.75, 3.05) is 0 Å². The van der Waals surface area contributed by atoms with Gasteiger partial charge >= 0.3 is 0 Å². The smallest absolute Gasteiger partial charge is 0.211 e. The zero-order chi connectivity index (χ0) is 24.2. The summed E-state index contributed by atoms with van der Waals surface area (Å²) in [7, 11) is -9.44. The number of nitrogens with zero attached hydrogens (tertiary/aromatic N) is 1. The topological polar surface area (TPSA) is 137 Å². The van der Waals surface area contributed by atoms with Crippen LogP contribution in [-0.2, 0) is 19.9 Å². The first kappa shape index (κ1) is 31.2. The Morgan fingerprint density at radius 1 is 0.806 bits per heavy atom. The third-order valence-corrected chi connectivity index (χ3v) is 24.7. The summed E-state index contributed by atoms with van der Waals surface area (Å²) in [6.07, 6.45) is 3.52. The Balaban J connectivity index is 0.000000562. The minimum absolute atomic E-state index is 0. The van der Waals surface area contributed by atoms with Crippen LogP contribution < -0.4 is 15.7 Å². The maximum absolute atomic E-state index is 12.4. The van der Waals surface area contributed by atoms with Crippen molar-refractivity contribution < 1.29 is 12.6 Å².